The lowest BCUT2D eigenvalue weighted by atomic mass is 9.83. The first-order valence-corrected chi connectivity index (χ1v) is 15.3. The summed E-state index contributed by atoms with van der Waals surface area (Å²) in [5.74, 6) is -1.78. The summed E-state index contributed by atoms with van der Waals surface area (Å²) in [6, 6.07) is 12.6. The van der Waals surface area contributed by atoms with E-state index in [1.54, 1.807) is 16.2 Å². The molecular formula is C28H33F2N3O2S2. The fourth-order valence-corrected chi connectivity index (χ4v) is 7.76. The van der Waals surface area contributed by atoms with E-state index >= 15 is 0 Å². The molecule has 1 aromatic carbocycles. The molecule has 37 heavy (non-hydrogen) atoms. The molecule has 9 heteroatoms. The van der Waals surface area contributed by atoms with E-state index in [-0.39, 0.29) is 18.9 Å². The van der Waals surface area contributed by atoms with Crippen LogP contribution in [0.15, 0.2) is 47.5 Å². The number of hydrogen-bond acceptors (Lipinski definition) is 5. The van der Waals surface area contributed by atoms with E-state index in [1.165, 1.54) is 5.56 Å². The molecule has 1 N–H and O–H groups in total. The maximum atomic E-state index is 13.6. The van der Waals surface area contributed by atoms with Crippen LogP contribution in [0.2, 0.25) is 0 Å². The van der Waals surface area contributed by atoms with Crippen LogP contribution >= 0.6 is 11.3 Å². The number of nitrogens with zero attached hydrogens (tertiary/aromatic N) is 2. The number of H-pyrrole nitrogens is 1. The topological polar surface area (TPSA) is 58.2 Å². The first kappa shape index (κ1) is 25.3. The zero-order chi connectivity index (χ0) is 25.4. The first-order chi connectivity index (χ1) is 17.9. The van der Waals surface area contributed by atoms with E-state index < -0.39 is 16.7 Å². The van der Waals surface area contributed by atoms with Gasteiger partial charge in [0.1, 0.15) is 5.01 Å². The van der Waals surface area contributed by atoms with Crippen molar-refractivity contribution in [2.24, 2.45) is 5.92 Å². The molecule has 0 amide bonds. The van der Waals surface area contributed by atoms with E-state index in [4.69, 9.17) is 4.74 Å². The largest absolute Gasteiger partial charge is 0.381 e. The maximum absolute atomic E-state index is 13.6. The Hall–Kier alpha value is -1.94. The lowest BCUT2D eigenvalue weighted by molar-refractivity contribution is 0.0116. The lowest BCUT2D eigenvalue weighted by Gasteiger charge is -2.27. The highest BCUT2D eigenvalue weighted by atomic mass is 32.2. The van der Waals surface area contributed by atoms with Crippen LogP contribution in [-0.2, 0) is 22.1 Å². The number of benzene rings is 1. The second-order valence-electron chi connectivity index (χ2n) is 10.7. The van der Waals surface area contributed by atoms with Crippen molar-refractivity contribution >= 4 is 22.1 Å². The maximum Gasteiger partial charge on any atom is 0.261 e. The Bertz CT molecular complexity index is 1230. The zero-order valence-corrected chi connectivity index (χ0v) is 22.5. The smallest absolute Gasteiger partial charge is 0.261 e. The highest BCUT2D eigenvalue weighted by Crippen LogP contribution is 2.37. The van der Waals surface area contributed by atoms with Gasteiger partial charge in [0.05, 0.1) is 23.0 Å². The van der Waals surface area contributed by atoms with Gasteiger partial charge in [-0.2, -0.15) is 0 Å². The van der Waals surface area contributed by atoms with Crippen molar-refractivity contribution in [3.63, 3.8) is 0 Å². The number of thiazole rings is 1. The number of likely N-dealkylation sites (tertiary alicyclic amines) is 1. The average molecular weight is 546 g/mol. The molecule has 1 saturated carbocycles. The van der Waals surface area contributed by atoms with E-state index in [1.807, 2.05) is 18.3 Å². The van der Waals surface area contributed by atoms with Gasteiger partial charge >= 0.3 is 0 Å². The molecule has 0 bridgehead atoms. The van der Waals surface area contributed by atoms with E-state index in [2.05, 4.69) is 34.2 Å². The average Bonchev–Trinajstić information content (AvgIpc) is 3.28. The van der Waals surface area contributed by atoms with E-state index in [9.17, 15) is 13.0 Å². The van der Waals surface area contributed by atoms with Gasteiger partial charge in [0, 0.05) is 65.6 Å². The molecule has 2 unspecified atom stereocenters. The Balaban J connectivity index is 1.20. The zero-order valence-electron chi connectivity index (χ0n) is 20.8. The molecule has 1 aliphatic carbocycles. The molecule has 3 aliphatic rings. The van der Waals surface area contributed by atoms with Crippen LogP contribution in [0.25, 0.3) is 10.7 Å². The van der Waals surface area contributed by atoms with Gasteiger partial charge in [0.2, 0.25) is 0 Å². The van der Waals surface area contributed by atoms with Gasteiger partial charge in [0.25, 0.3) is 5.92 Å². The van der Waals surface area contributed by atoms with Gasteiger partial charge in [-0.1, -0.05) is 12.1 Å². The molecule has 2 aliphatic heterocycles. The molecule has 0 radical (unpaired) electrons. The fraction of sp³-hybridized carbons (Fsp3) is 0.536. The number of ether oxygens (including phenoxy) is 1. The number of aromatic nitrogens is 2. The highest BCUT2D eigenvalue weighted by molar-refractivity contribution is 7.86. The predicted molar refractivity (Wildman–Crippen MR) is 143 cm³/mol. The van der Waals surface area contributed by atoms with Crippen LogP contribution in [0.4, 0.5) is 8.78 Å². The Labute approximate surface area is 223 Å². The van der Waals surface area contributed by atoms with Crippen LogP contribution in [0.3, 0.4) is 0 Å². The van der Waals surface area contributed by atoms with Crippen molar-refractivity contribution < 1.29 is 17.7 Å². The summed E-state index contributed by atoms with van der Waals surface area (Å²) < 4.78 is 45.4. The first-order valence-electron chi connectivity index (χ1n) is 13.3. The van der Waals surface area contributed by atoms with Crippen molar-refractivity contribution in [3.05, 3.63) is 58.7 Å². The molecular weight excluding hydrogens is 512 g/mol. The third kappa shape index (κ3) is 6.05. The van der Waals surface area contributed by atoms with Crippen molar-refractivity contribution in [2.45, 2.75) is 67.1 Å². The molecule has 2 saturated heterocycles. The number of aromatic amines is 1. The number of halogens is 2. The van der Waals surface area contributed by atoms with Crippen LogP contribution in [-0.4, -0.2) is 56.6 Å². The third-order valence-corrected chi connectivity index (χ3v) is 10.6. The fourth-order valence-electron chi connectivity index (χ4n) is 5.47. The Kier molecular flexibility index (Phi) is 7.31. The summed E-state index contributed by atoms with van der Waals surface area (Å²) in [7, 11) is -0.898. The normalized spacial score (nSPS) is 22.3. The molecule has 3 fully saturated rings. The lowest BCUT2D eigenvalue weighted by Crippen LogP contribution is -2.24. The summed E-state index contributed by atoms with van der Waals surface area (Å²) >= 11 is 1.56. The minimum atomic E-state index is -2.58. The van der Waals surface area contributed by atoms with Gasteiger partial charge in [-0.05, 0) is 67.9 Å². The minimum absolute atomic E-state index is 0.0649. The Morgan fingerprint density at radius 2 is 1.92 bits per heavy atom. The summed E-state index contributed by atoms with van der Waals surface area (Å²) in [6.07, 6.45) is 7.04. The second kappa shape index (κ2) is 10.7. The van der Waals surface area contributed by atoms with Gasteiger partial charge in [-0.25, -0.2) is 13.8 Å². The van der Waals surface area contributed by atoms with Crippen molar-refractivity contribution in [1.29, 1.82) is 0 Å². The number of rotatable bonds is 9. The van der Waals surface area contributed by atoms with Gasteiger partial charge in [-0.3, -0.25) is 9.11 Å². The van der Waals surface area contributed by atoms with Crippen LogP contribution in [0.1, 0.15) is 60.6 Å². The highest BCUT2D eigenvalue weighted by Gasteiger charge is 2.38. The summed E-state index contributed by atoms with van der Waals surface area (Å²) in [4.78, 5) is 12.0. The van der Waals surface area contributed by atoms with E-state index in [0.29, 0.717) is 24.3 Å². The molecule has 4 heterocycles. The molecule has 6 rings (SSSR count). The number of hydrogen-bond donors (Lipinski definition) is 1. The van der Waals surface area contributed by atoms with Crippen molar-refractivity contribution in [3.8, 4) is 10.7 Å². The van der Waals surface area contributed by atoms with Gasteiger partial charge in [-0.15, -0.1) is 11.3 Å². The predicted octanol–water partition coefficient (Wildman–Crippen LogP) is 6.20. The molecule has 2 atom stereocenters. The SMILES string of the molecule is O=S(c1ccc(C(CC2CCOCC2)c2ccc(-c3ncc(CN4CCC(F)(F)C4)s3)[nH]2)cc1)C1CC1. The molecule has 0 spiro atoms. The molecule has 198 valence electrons. The number of alkyl halides is 2. The molecule has 2 aromatic heterocycles. The monoisotopic (exact) mass is 545 g/mol. The van der Waals surface area contributed by atoms with Gasteiger partial charge in [0.15, 0.2) is 0 Å². The van der Waals surface area contributed by atoms with Gasteiger partial charge < -0.3 is 9.72 Å². The quantitative estimate of drug-likeness (QED) is 0.348. The van der Waals surface area contributed by atoms with Crippen LogP contribution < -0.4 is 0 Å². The molecule has 5 nitrogen and oxygen atoms in total. The van der Waals surface area contributed by atoms with Crippen molar-refractivity contribution in [1.82, 2.24) is 14.9 Å². The van der Waals surface area contributed by atoms with Crippen molar-refractivity contribution in [2.75, 3.05) is 26.3 Å². The standard InChI is InChI=1S/C28H33F2N3O2S2/c29-28(30)11-12-33(18-28)17-21-16-31-27(36-21)26-8-7-25(32-26)24(15-19-9-13-35-14-10-19)20-1-3-22(4-2-20)37(34)23-5-6-23/h1-4,7-8,16,19,23-24,32H,5-6,9-15,17-18H2. The van der Waals surface area contributed by atoms with Crippen LogP contribution in [0, 0.1) is 5.92 Å². The third-order valence-electron chi connectivity index (χ3n) is 7.75. The Morgan fingerprint density at radius 1 is 1.14 bits per heavy atom. The van der Waals surface area contributed by atoms with E-state index in [0.717, 1.165) is 71.5 Å². The summed E-state index contributed by atoms with van der Waals surface area (Å²) in [5.41, 5.74) is 3.33. The summed E-state index contributed by atoms with van der Waals surface area (Å²) in [6.45, 7) is 2.40. The van der Waals surface area contributed by atoms with Crippen LogP contribution in [0.5, 0.6) is 0 Å². The Morgan fingerprint density at radius 3 is 2.62 bits per heavy atom. The minimum Gasteiger partial charge on any atom is -0.381 e. The summed E-state index contributed by atoms with van der Waals surface area (Å²) in [5, 5.41) is 1.21. The molecule has 3 aromatic rings. The second-order valence-corrected chi connectivity index (χ2v) is 13.5. The number of nitrogens with one attached hydrogen (secondary N) is 1.